The first kappa shape index (κ1) is 17.3. The van der Waals surface area contributed by atoms with Crippen molar-refractivity contribution >= 4 is 17.4 Å². The number of carbonyl (C=O) groups excluding carboxylic acids is 1. The first-order valence-corrected chi connectivity index (χ1v) is 9.66. The average molecular weight is 392 g/mol. The van der Waals surface area contributed by atoms with Crippen LogP contribution in [0.15, 0.2) is 60.8 Å². The highest BCUT2D eigenvalue weighted by atomic mass is 35.5. The molecule has 1 aliphatic carbocycles. The van der Waals surface area contributed by atoms with Gasteiger partial charge < -0.3 is 9.47 Å². The van der Waals surface area contributed by atoms with Gasteiger partial charge in [-0.25, -0.2) is 0 Å². The quantitative estimate of drug-likeness (QED) is 0.615. The molecule has 0 N–H and O–H groups in total. The van der Waals surface area contributed by atoms with Crippen LogP contribution in [0.25, 0.3) is 11.1 Å². The number of carbonyl (C=O) groups is 1. The third-order valence-corrected chi connectivity index (χ3v) is 5.80. The fourth-order valence-electron chi connectivity index (χ4n) is 3.72. The number of aromatic nitrogens is 1. The van der Waals surface area contributed by atoms with E-state index in [1.807, 2.05) is 60.8 Å². The van der Waals surface area contributed by atoms with E-state index in [2.05, 4.69) is 4.98 Å². The SMILES string of the molecule is O=C(Cc1ccc(-c2ccc(Cl)cc2)cn1)C1(c2ccc3c(c2)OCO3)CC1. The summed E-state index contributed by atoms with van der Waals surface area (Å²) in [4.78, 5) is 17.6. The second kappa shape index (κ2) is 6.64. The lowest BCUT2D eigenvalue weighted by Crippen LogP contribution is -2.22. The van der Waals surface area contributed by atoms with Crippen LogP contribution in [0.2, 0.25) is 5.02 Å². The van der Waals surface area contributed by atoms with Gasteiger partial charge in [-0.2, -0.15) is 0 Å². The summed E-state index contributed by atoms with van der Waals surface area (Å²) in [5.41, 5.74) is 3.45. The Balaban J connectivity index is 1.33. The number of pyridine rings is 1. The number of hydrogen-bond acceptors (Lipinski definition) is 4. The Kier molecular flexibility index (Phi) is 4.09. The monoisotopic (exact) mass is 391 g/mol. The molecule has 0 bridgehead atoms. The molecule has 2 aliphatic rings. The van der Waals surface area contributed by atoms with Gasteiger partial charge in [0.1, 0.15) is 5.78 Å². The minimum absolute atomic E-state index is 0.207. The normalized spacial score (nSPS) is 16.0. The Morgan fingerprint density at radius 3 is 2.43 bits per heavy atom. The second-order valence-electron chi connectivity index (χ2n) is 7.30. The third-order valence-electron chi connectivity index (χ3n) is 5.55. The Bertz CT molecular complexity index is 1040. The molecule has 0 saturated heterocycles. The van der Waals surface area contributed by atoms with Gasteiger partial charge in [0.25, 0.3) is 0 Å². The Labute approximate surface area is 168 Å². The van der Waals surface area contributed by atoms with Gasteiger partial charge in [0.05, 0.1) is 5.41 Å². The molecule has 0 radical (unpaired) electrons. The van der Waals surface area contributed by atoms with Crippen LogP contribution in [0.5, 0.6) is 11.5 Å². The van der Waals surface area contributed by atoms with Crippen molar-refractivity contribution < 1.29 is 14.3 Å². The van der Waals surface area contributed by atoms with Crippen molar-refractivity contribution in [2.75, 3.05) is 6.79 Å². The lowest BCUT2D eigenvalue weighted by molar-refractivity contribution is -0.120. The molecule has 2 aromatic carbocycles. The molecular weight excluding hydrogens is 374 g/mol. The van der Waals surface area contributed by atoms with Crippen molar-refractivity contribution in [3.63, 3.8) is 0 Å². The van der Waals surface area contributed by atoms with E-state index in [0.717, 1.165) is 46.7 Å². The highest BCUT2D eigenvalue weighted by molar-refractivity contribution is 6.30. The fourth-order valence-corrected chi connectivity index (χ4v) is 3.85. The largest absolute Gasteiger partial charge is 0.454 e. The molecule has 0 amide bonds. The maximum absolute atomic E-state index is 13.1. The summed E-state index contributed by atoms with van der Waals surface area (Å²) in [7, 11) is 0. The molecule has 1 aromatic heterocycles. The summed E-state index contributed by atoms with van der Waals surface area (Å²) in [6.07, 6.45) is 3.88. The molecule has 5 rings (SSSR count). The number of hydrogen-bond donors (Lipinski definition) is 0. The smallest absolute Gasteiger partial charge is 0.231 e. The van der Waals surface area contributed by atoms with Gasteiger partial charge in [-0.05, 0) is 54.3 Å². The Hall–Kier alpha value is -2.85. The predicted octanol–water partition coefficient (Wildman–Crippen LogP) is 4.97. The number of Topliss-reactive ketones (excluding diaryl/α,β-unsaturated/α-hetero) is 1. The van der Waals surface area contributed by atoms with Crippen LogP contribution in [0.3, 0.4) is 0 Å². The molecular formula is C23H18ClNO3. The van der Waals surface area contributed by atoms with E-state index in [1.54, 1.807) is 0 Å². The van der Waals surface area contributed by atoms with E-state index >= 15 is 0 Å². The molecule has 1 saturated carbocycles. The van der Waals surface area contributed by atoms with Crippen LogP contribution < -0.4 is 9.47 Å². The minimum Gasteiger partial charge on any atom is -0.454 e. The number of ether oxygens (including phenoxy) is 2. The average Bonchev–Trinajstić information content (AvgIpc) is 3.40. The van der Waals surface area contributed by atoms with Gasteiger partial charge in [-0.15, -0.1) is 0 Å². The first-order valence-electron chi connectivity index (χ1n) is 9.28. The molecule has 140 valence electrons. The molecule has 5 heteroatoms. The van der Waals surface area contributed by atoms with E-state index in [4.69, 9.17) is 21.1 Å². The van der Waals surface area contributed by atoms with Crippen molar-refractivity contribution in [3.05, 3.63) is 77.1 Å². The lowest BCUT2D eigenvalue weighted by Gasteiger charge is -2.15. The zero-order chi connectivity index (χ0) is 19.1. The van der Waals surface area contributed by atoms with Gasteiger partial charge in [0, 0.05) is 28.9 Å². The molecule has 28 heavy (non-hydrogen) atoms. The number of fused-ring (bicyclic) bond motifs is 1. The zero-order valence-electron chi connectivity index (χ0n) is 15.2. The van der Waals surface area contributed by atoms with Crippen LogP contribution in [0.1, 0.15) is 24.1 Å². The maximum atomic E-state index is 13.1. The maximum Gasteiger partial charge on any atom is 0.231 e. The van der Waals surface area contributed by atoms with Gasteiger partial charge in [0.15, 0.2) is 11.5 Å². The highest BCUT2D eigenvalue weighted by Gasteiger charge is 2.50. The van der Waals surface area contributed by atoms with E-state index in [1.165, 1.54) is 0 Å². The summed E-state index contributed by atoms with van der Waals surface area (Å²) in [6.45, 7) is 0.240. The van der Waals surface area contributed by atoms with E-state index in [0.29, 0.717) is 11.4 Å². The standard InChI is InChI=1S/C23H18ClNO3/c24-18-5-1-15(2-6-18)16-3-7-19(25-13-16)12-22(26)23(9-10-23)17-4-8-20-21(11-17)28-14-27-20/h1-8,11,13H,9-10,12,14H2. The summed E-state index contributed by atoms with van der Waals surface area (Å²) in [5.74, 6) is 1.67. The number of ketones is 1. The molecule has 0 unspecified atom stereocenters. The van der Waals surface area contributed by atoms with Crippen molar-refractivity contribution in [1.29, 1.82) is 0 Å². The van der Waals surface area contributed by atoms with E-state index in [9.17, 15) is 4.79 Å². The van der Waals surface area contributed by atoms with Crippen LogP contribution in [0.4, 0.5) is 0 Å². The topological polar surface area (TPSA) is 48.4 Å². The van der Waals surface area contributed by atoms with Crippen LogP contribution in [-0.2, 0) is 16.6 Å². The van der Waals surface area contributed by atoms with Gasteiger partial charge in [-0.1, -0.05) is 35.9 Å². The van der Waals surface area contributed by atoms with Crippen molar-refractivity contribution in [2.24, 2.45) is 0 Å². The molecule has 1 fully saturated rings. The van der Waals surface area contributed by atoms with Crippen molar-refractivity contribution in [3.8, 4) is 22.6 Å². The molecule has 0 atom stereocenters. The van der Waals surface area contributed by atoms with Crippen molar-refractivity contribution in [2.45, 2.75) is 24.7 Å². The molecule has 0 spiro atoms. The lowest BCUT2D eigenvalue weighted by atomic mass is 9.88. The number of benzene rings is 2. The number of nitrogens with zero attached hydrogens (tertiary/aromatic N) is 1. The summed E-state index contributed by atoms with van der Waals surface area (Å²) < 4.78 is 10.8. The van der Waals surface area contributed by atoms with Crippen molar-refractivity contribution in [1.82, 2.24) is 4.98 Å². The zero-order valence-corrected chi connectivity index (χ0v) is 15.9. The second-order valence-corrected chi connectivity index (χ2v) is 7.73. The molecule has 4 nitrogen and oxygen atoms in total. The number of rotatable bonds is 5. The first-order chi connectivity index (χ1) is 13.6. The Morgan fingerprint density at radius 2 is 1.71 bits per heavy atom. The molecule has 3 aromatic rings. The summed E-state index contributed by atoms with van der Waals surface area (Å²) in [5, 5.41) is 0.706. The minimum atomic E-state index is -0.405. The molecule has 2 heterocycles. The predicted molar refractivity (Wildman–Crippen MR) is 107 cm³/mol. The van der Waals surface area contributed by atoms with E-state index in [-0.39, 0.29) is 12.6 Å². The number of halogens is 1. The molecule has 1 aliphatic heterocycles. The Morgan fingerprint density at radius 1 is 0.964 bits per heavy atom. The van der Waals surface area contributed by atoms with Crippen LogP contribution in [-0.4, -0.2) is 17.6 Å². The van der Waals surface area contributed by atoms with E-state index < -0.39 is 5.41 Å². The summed E-state index contributed by atoms with van der Waals surface area (Å²) >= 11 is 5.94. The van der Waals surface area contributed by atoms with Crippen LogP contribution >= 0.6 is 11.6 Å². The highest BCUT2D eigenvalue weighted by Crippen LogP contribution is 2.51. The van der Waals surface area contributed by atoms with Gasteiger partial charge in [-0.3, -0.25) is 9.78 Å². The van der Waals surface area contributed by atoms with Gasteiger partial charge >= 0.3 is 0 Å². The third kappa shape index (κ3) is 3.04. The van der Waals surface area contributed by atoms with Gasteiger partial charge in [0.2, 0.25) is 6.79 Å². The van der Waals surface area contributed by atoms with Crippen LogP contribution in [0, 0.1) is 0 Å². The fraction of sp³-hybridized carbons (Fsp3) is 0.217. The summed E-state index contributed by atoms with van der Waals surface area (Å²) in [6, 6.07) is 17.4.